The Balaban J connectivity index is 1.45. The van der Waals surface area contributed by atoms with Gasteiger partial charge >= 0.3 is 7.60 Å². The van der Waals surface area contributed by atoms with Gasteiger partial charge in [0.1, 0.15) is 5.75 Å². The molecular formula is C20H21O3P. The molecule has 4 unspecified atom stereocenters. The molecule has 2 aromatic rings. The second-order valence-electron chi connectivity index (χ2n) is 6.84. The molecule has 2 bridgehead atoms. The molecule has 24 heavy (non-hydrogen) atoms. The highest BCUT2D eigenvalue weighted by atomic mass is 31.2. The van der Waals surface area contributed by atoms with Gasteiger partial charge in [-0.2, -0.15) is 0 Å². The second kappa shape index (κ2) is 6.23. The van der Waals surface area contributed by atoms with E-state index in [2.05, 4.69) is 12.2 Å². The summed E-state index contributed by atoms with van der Waals surface area (Å²) in [7, 11) is -3.84. The minimum Gasteiger partial charge on any atom is -0.421 e. The summed E-state index contributed by atoms with van der Waals surface area (Å²) in [6.45, 7) is 0. The molecule has 0 saturated heterocycles. The summed E-state index contributed by atoms with van der Waals surface area (Å²) >= 11 is 0. The first kappa shape index (κ1) is 15.7. The van der Waals surface area contributed by atoms with Crippen LogP contribution in [0.15, 0.2) is 66.7 Å². The summed E-state index contributed by atoms with van der Waals surface area (Å²) in [5, 5.41) is 0.336. The Morgan fingerprint density at radius 2 is 1.75 bits per heavy atom. The third-order valence-electron chi connectivity index (χ3n) is 5.15. The van der Waals surface area contributed by atoms with Crippen LogP contribution in [-0.2, 0) is 11.0 Å². The van der Waals surface area contributed by atoms with Crippen LogP contribution in [0.5, 0.6) is 5.75 Å². The van der Waals surface area contributed by atoms with E-state index in [1.54, 1.807) is 36.4 Å². The summed E-state index contributed by atoms with van der Waals surface area (Å²) in [5.41, 5.74) is 1.23. The normalized spacial score (nSPS) is 27.1. The highest BCUT2D eigenvalue weighted by Crippen LogP contribution is 2.45. The van der Waals surface area contributed by atoms with Crippen LogP contribution in [0.3, 0.4) is 0 Å². The van der Waals surface area contributed by atoms with Gasteiger partial charge in [0.25, 0.3) is 0 Å². The molecule has 2 aromatic carbocycles. The molecule has 0 aliphatic heterocycles. The van der Waals surface area contributed by atoms with Crippen molar-refractivity contribution in [3.05, 3.63) is 72.3 Å². The fraction of sp³-hybridized carbons (Fsp3) is 0.300. The molecule has 4 rings (SSSR count). The van der Waals surface area contributed by atoms with E-state index in [0.29, 0.717) is 17.0 Å². The quantitative estimate of drug-likeness (QED) is 0.651. The molecule has 3 nitrogen and oxygen atoms in total. The molecule has 0 aromatic heterocycles. The van der Waals surface area contributed by atoms with Gasteiger partial charge in [-0.25, -0.2) is 4.57 Å². The van der Waals surface area contributed by atoms with Gasteiger partial charge in [-0.3, -0.25) is 0 Å². The fourth-order valence-electron chi connectivity index (χ4n) is 3.93. The zero-order valence-corrected chi connectivity index (χ0v) is 14.3. The molecule has 4 heteroatoms. The van der Waals surface area contributed by atoms with Gasteiger partial charge in [-0.05, 0) is 66.8 Å². The van der Waals surface area contributed by atoms with E-state index < -0.39 is 7.60 Å². The molecule has 2 aliphatic carbocycles. The van der Waals surface area contributed by atoms with E-state index in [9.17, 15) is 9.46 Å². The molecule has 124 valence electrons. The lowest BCUT2D eigenvalue weighted by atomic mass is 9.88. The van der Waals surface area contributed by atoms with Gasteiger partial charge in [0, 0.05) is 0 Å². The van der Waals surface area contributed by atoms with Crippen LogP contribution in [0.4, 0.5) is 0 Å². The Hall–Kier alpha value is -1.83. The van der Waals surface area contributed by atoms with E-state index >= 15 is 0 Å². The average molecular weight is 340 g/mol. The standard InChI is InChI=1S/C20H21O3P/c21-24(22,23-19-4-2-1-3-5-19)20-10-7-15(8-11-20)12-18-14-16-6-9-17(18)13-16/h1-11,16-18H,12-14H2,(H,21,22). The number of fused-ring (bicyclic) bond motifs is 2. The Bertz CT molecular complexity index is 782. The molecular weight excluding hydrogens is 319 g/mol. The van der Waals surface area contributed by atoms with E-state index in [0.717, 1.165) is 18.3 Å². The minimum absolute atomic E-state index is 0.336. The monoisotopic (exact) mass is 340 g/mol. The summed E-state index contributed by atoms with van der Waals surface area (Å²) in [6.07, 6.45) is 8.34. The molecule has 1 fully saturated rings. The third-order valence-corrected chi connectivity index (χ3v) is 6.56. The maximum atomic E-state index is 12.5. The Morgan fingerprint density at radius 3 is 2.38 bits per heavy atom. The number of hydrogen-bond donors (Lipinski definition) is 1. The number of para-hydroxylation sites is 1. The van der Waals surface area contributed by atoms with Crippen molar-refractivity contribution < 1.29 is 14.0 Å². The van der Waals surface area contributed by atoms with Gasteiger partial charge in [-0.15, -0.1) is 0 Å². The van der Waals surface area contributed by atoms with Gasteiger partial charge in [0.15, 0.2) is 0 Å². The summed E-state index contributed by atoms with van der Waals surface area (Å²) in [5.74, 6) is 2.62. The molecule has 0 heterocycles. The van der Waals surface area contributed by atoms with E-state index in [1.165, 1.54) is 18.4 Å². The van der Waals surface area contributed by atoms with Crippen molar-refractivity contribution in [3.63, 3.8) is 0 Å². The SMILES string of the molecule is O=P(O)(Oc1ccccc1)c1ccc(CC2CC3C=CC2C3)cc1. The first-order valence-electron chi connectivity index (χ1n) is 8.45. The van der Waals surface area contributed by atoms with Crippen LogP contribution in [0.1, 0.15) is 18.4 Å². The molecule has 0 radical (unpaired) electrons. The average Bonchev–Trinajstić information content (AvgIpc) is 3.19. The smallest absolute Gasteiger partial charge is 0.408 e. The Kier molecular flexibility index (Phi) is 4.07. The molecule has 1 saturated carbocycles. The Labute approximate surface area is 142 Å². The number of rotatable bonds is 5. The summed E-state index contributed by atoms with van der Waals surface area (Å²) in [6, 6.07) is 16.1. The van der Waals surface area contributed by atoms with Gasteiger partial charge < -0.3 is 9.42 Å². The van der Waals surface area contributed by atoms with E-state index in [1.807, 2.05) is 18.2 Å². The predicted molar refractivity (Wildman–Crippen MR) is 95.5 cm³/mol. The van der Waals surface area contributed by atoms with Gasteiger partial charge in [0.05, 0.1) is 5.30 Å². The van der Waals surface area contributed by atoms with Crippen molar-refractivity contribution in [2.45, 2.75) is 19.3 Å². The predicted octanol–water partition coefficient (Wildman–Crippen LogP) is 4.33. The van der Waals surface area contributed by atoms with Crippen molar-refractivity contribution in [2.24, 2.45) is 17.8 Å². The molecule has 1 N–H and O–H groups in total. The molecule has 0 amide bonds. The zero-order chi connectivity index (χ0) is 16.6. The van der Waals surface area contributed by atoms with Crippen molar-refractivity contribution >= 4 is 12.9 Å². The number of benzene rings is 2. The van der Waals surface area contributed by atoms with E-state index in [-0.39, 0.29) is 0 Å². The van der Waals surface area contributed by atoms with E-state index in [4.69, 9.17) is 4.52 Å². The van der Waals surface area contributed by atoms with Crippen molar-refractivity contribution in [3.8, 4) is 5.75 Å². The third kappa shape index (κ3) is 3.19. The molecule has 4 atom stereocenters. The summed E-state index contributed by atoms with van der Waals surface area (Å²) < 4.78 is 17.8. The van der Waals surface area contributed by atoms with Crippen molar-refractivity contribution in [1.29, 1.82) is 0 Å². The van der Waals surface area contributed by atoms with Crippen LogP contribution in [0.25, 0.3) is 0 Å². The second-order valence-corrected chi connectivity index (χ2v) is 8.58. The van der Waals surface area contributed by atoms with Crippen molar-refractivity contribution in [1.82, 2.24) is 0 Å². The number of allylic oxidation sites excluding steroid dienone is 2. The fourth-order valence-corrected chi connectivity index (χ4v) is 4.97. The highest BCUT2D eigenvalue weighted by Gasteiger charge is 2.35. The largest absolute Gasteiger partial charge is 0.421 e. The highest BCUT2D eigenvalue weighted by molar-refractivity contribution is 7.61. The topological polar surface area (TPSA) is 46.5 Å². The van der Waals surface area contributed by atoms with Crippen LogP contribution in [-0.4, -0.2) is 4.89 Å². The maximum Gasteiger partial charge on any atom is 0.408 e. The summed E-state index contributed by atoms with van der Waals surface area (Å²) in [4.78, 5) is 10.2. The first-order valence-corrected chi connectivity index (χ1v) is 10.0. The number of hydrogen-bond acceptors (Lipinski definition) is 2. The van der Waals surface area contributed by atoms with Crippen LogP contribution in [0, 0.1) is 17.8 Å². The Morgan fingerprint density at radius 1 is 1.00 bits per heavy atom. The minimum atomic E-state index is -3.84. The van der Waals surface area contributed by atoms with Crippen LogP contribution >= 0.6 is 7.60 Å². The lowest BCUT2D eigenvalue weighted by Crippen LogP contribution is -2.12. The first-order chi connectivity index (χ1) is 11.6. The lowest BCUT2D eigenvalue weighted by Gasteiger charge is -2.18. The van der Waals surface area contributed by atoms with Crippen LogP contribution < -0.4 is 9.83 Å². The zero-order valence-electron chi connectivity index (χ0n) is 13.4. The van der Waals surface area contributed by atoms with Gasteiger partial charge in [0.2, 0.25) is 0 Å². The lowest BCUT2D eigenvalue weighted by molar-refractivity contribution is 0.393. The molecule has 0 spiro atoms. The van der Waals surface area contributed by atoms with Gasteiger partial charge in [-0.1, -0.05) is 42.5 Å². The maximum absolute atomic E-state index is 12.5. The molecule has 2 aliphatic rings. The van der Waals surface area contributed by atoms with Crippen LogP contribution in [0.2, 0.25) is 0 Å². The van der Waals surface area contributed by atoms with Crippen molar-refractivity contribution in [2.75, 3.05) is 0 Å².